The predicted molar refractivity (Wildman–Crippen MR) is 57.8 cm³/mol. The first-order valence-electron chi connectivity index (χ1n) is 4.91. The van der Waals surface area contributed by atoms with Gasteiger partial charge in [-0.3, -0.25) is 4.90 Å². The van der Waals surface area contributed by atoms with Gasteiger partial charge in [0.25, 0.3) is 0 Å². The van der Waals surface area contributed by atoms with Crippen LogP contribution < -0.4 is 0 Å². The highest BCUT2D eigenvalue weighted by atomic mass is 16.6. The number of carbonyl (C=O) groups is 2. The molecule has 0 aromatic rings. The van der Waals surface area contributed by atoms with Gasteiger partial charge >= 0.3 is 12.1 Å². The summed E-state index contributed by atoms with van der Waals surface area (Å²) in [6.45, 7) is 5.59. The van der Waals surface area contributed by atoms with Crippen LogP contribution in [0.2, 0.25) is 0 Å². The number of nitrogens with zero attached hydrogens (tertiary/aromatic N) is 1. The highest BCUT2D eigenvalue weighted by Gasteiger charge is 2.22. The first kappa shape index (κ1) is 12.3. The van der Waals surface area contributed by atoms with Crippen molar-refractivity contribution in [3.8, 4) is 0 Å². The first-order chi connectivity index (χ1) is 7.29. The fraction of sp³-hybridized carbons (Fsp3) is 0.455. The molecule has 0 spiro atoms. The number of amides is 1. The van der Waals surface area contributed by atoms with Crippen LogP contribution in [0.4, 0.5) is 4.79 Å². The Morgan fingerprint density at radius 3 is 2.56 bits per heavy atom. The van der Waals surface area contributed by atoms with E-state index < -0.39 is 17.7 Å². The minimum atomic E-state index is -1.07. The molecule has 0 saturated carbocycles. The highest BCUT2D eigenvalue weighted by Crippen LogP contribution is 2.14. The number of hydrogen-bond acceptors (Lipinski definition) is 3. The Bertz CT molecular complexity index is 363. The van der Waals surface area contributed by atoms with Gasteiger partial charge in [0.1, 0.15) is 5.60 Å². The average molecular weight is 225 g/mol. The molecule has 0 aromatic carbocycles. The summed E-state index contributed by atoms with van der Waals surface area (Å²) in [7, 11) is 0. The third kappa shape index (κ3) is 3.42. The van der Waals surface area contributed by atoms with Crippen LogP contribution >= 0.6 is 0 Å². The van der Waals surface area contributed by atoms with Crippen molar-refractivity contribution < 1.29 is 19.4 Å². The van der Waals surface area contributed by atoms with Gasteiger partial charge in [-0.25, -0.2) is 9.59 Å². The lowest BCUT2D eigenvalue weighted by molar-refractivity contribution is -0.132. The minimum Gasteiger partial charge on any atom is -0.478 e. The molecule has 5 heteroatoms. The van der Waals surface area contributed by atoms with Crippen molar-refractivity contribution in [1.82, 2.24) is 4.90 Å². The molecule has 16 heavy (non-hydrogen) atoms. The van der Waals surface area contributed by atoms with Gasteiger partial charge in [0.05, 0.1) is 5.57 Å². The number of carboxylic acid groups (broad SMARTS) is 1. The molecule has 0 aliphatic carbocycles. The molecule has 0 bridgehead atoms. The molecule has 5 nitrogen and oxygen atoms in total. The topological polar surface area (TPSA) is 66.8 Å². The van der Waals surface area contributed by atoms with Crippen molar-refractivity contribution in [3.05, 3.63) is 23.9 Å². The van der Waals surface area contributed by atoms with E-state index in [0.717, 1.165) is 0 Å². The molecule has 1 N–H and O–H groups in total. The van der Waals surface area contributed by atoms with Crippen LogP contribution in [0.3, 0.4) is 0 Å². The molecule has 0 aromatic heterocycles. The highest BCUT2D eigenvalue weighted by molar-refractivity contribution is 5.90. The summed E-state index contributed by atoms with van der Waals surface area (Å²) in [4.78, 5) is 23.6. The van der Waals surface area contributed by atoms with Crippen LogP contribution in [-0.4, -0.2) is 34.2 Å². The number of ether oxygens (including phenoxy) is 1. The van der Waals surface area contributed by atoms with E-state index in [1.54, 1.807) is 26.8 Å². The maximum absolute atomic E-state index is 11.6. The molecule has 0 radical (unpaired) electrons. The minimum absolute atomic E-state index is 0.0668. The molecule has 1 amide bonds. The molecule has 1 aliphatic heterocycles. The summed E-state index contributed by atoms with van der Waals surface area (Å²) in [5, 5.41) is 8.77. The Morgan fingerprint density at radius 1 is 1.44 bits per heavy atom. The lowest BCUT2D eigenvalue weighted by Crippen LogP contribution is -2.35. The first-order valence-corrected chi connectivity index (χ1v) is 4.91. The fourth-order valence-electron chi connectivity index (χ4n) is 1.13. The zero-order chi connectivity index (χ0) is 12.3. The summed E-state index contributed by atoms with van der Waals surface area (Å²) >= 11 is 0. The molecular weight excluding hydrogens is 210 g/mol. The number of carbonyl (C=O) groups excluding carboxylic acids is 1. The Hall–Kier alpha value is -1.78. The summed E-state index contributed by atoms with van der Waals surface area (Å²) in [5.74, 6) is -1.07. The third-order valence-electron chi connectivity index (χ3n) is 1.77. The van der Waals surface area contributed by atoms with Crippen LogP contribution in [0, 0.1) is 0 Å². The standard InChI is InChI=1S/C11H15NO4/c1-11(2,3)16-10(15)12-6-4-5-8(7-12)9(13)14/h4-5,7H,6H2,1-3H3,(H,13,14). The van der Waals surface area contributed by atoms with Gasteiger partial charge in [0.15, 0.2) is 0 Å². The molecule has 1 heterocycles. The largest absolute Gasteiger partial charge is 0.478 e. The predicted octanol–water partition coefficient (Wildman–Crippen LogP) is 1.76. The van der Waals surface area contributed by atoms with Crippen molar-refractivity contribution in [3.63, 3.8) is 0 Å². The number of hydrogen-bond donors (Lipinski definition) is 1. The third-order valence-corrected chi connectivity index (χ3v) is 1.77. The lowest BCUT2D eigenvalue weighted by atomic mass is 10.2. The van der Waals surface area contributed by atoms with Crippen LogP contribution in [0.25, 0.3) is 0 Å². The fourth-order valence-corrected chi connectivity index (χ4v) is 1.13. The zero-order valence-corrected chi connectivity index (χ0v) is 9.56. The van der Waals surface area contributed by atoms with E-state index in [-0.39, 0.29) is 5.57 Å². The molecule has 88 valence electrons. The maximum Gasteiger partial charge on any atom is 0.414 e. The summed E-state index contributed by atoms with van der Waals surface area (Å²) in [6.07, 6.45) is 3.79. The quantitative estimate of drug-likeness (QED) is 0.738. The van der Waals surface area contributed by atoms with Crippen LogP contribution in [0.5, 0.6) is 0 Å². The molecule has 0 unspecified atom stereocenters. The van der Waals surface area contributed by atoms with Gasteiger partial charge in [-0.05, 0) is 26.8 Å². The second-order valence-corrected chi connectivity index (χ2v) is 4.42. The van der Waals surface area contributed by atoms with E-state index in [2.05, 4.69) is 0 Å². The van der Waals surface area contributed by atoms with Crippen molar-refractivity contribution >= 4 is 12.1 Å². The molecule has 1 aliphatic rings. The van der Waals surface area contributed by atoms with E-state index in [1.165, 1.54) is 17.2 Å². The number of carboxylic acids is 1. The molecular formula is C11H15NO4. The maximum atomic E-state index is 11.6. The monoisotopic (exact) mass is 225 g/mol. The van der Waals surface area contributed by atoms with Gasteiger partial charge in [0, 0.05) is 12.7 Å². The molecule has 1 rings (SSSR count). The zero-order valence-electron chi connectivity index (χ0n) is 9.56. The molecule has 0 atom stereocenters. The van der Waals surface area contributed by atoms with E-state index >= 15 is 0 Å². The van der Waals surface area contributed by atoms with Gasteiger partial charge in [0.2, 0.25) is 0 Å². The Labute approximate surface area is 94.0 Å². The van der Waals surface area contributed by atoms with E-state index in [1.807, 2.05) is 0 Å². The van der Waals surface area contributed by atoms with E-state index in [9.17, 15) is 9.59 Å². The SMILES string of the molecule is CC(C)(C)OC(=O)N1C=C(C(=O)O)C=CC1. The second kappa shape index (κ2) is 4.38. The van der Waals surface area contributed by atoms with Gasteiger partial charge in [-0.1, -0.05) is 6.08 Å². The van der Waals surface area contributed by atoms with Gasteiger partial charge < -0.3 is 9.84 Å². The van der Waals surface area contributed by atoms with Crippen molar-refractivity contribution in [2.75, 3.05) is 6.54 Å². The molecule has 0 fully saturated rings. The summed E-state index contributed by atoms with van der Waals surface area (Å²) in [5.41, 5.74) is -0.521. The lowest BCUT2D eigenvalue weighted by Gasteiger charge is -2.25. The number of aliphatic carboxylic acids is 1. The van der Waals surface area contributed by atoms with Crippen molar-refractivity contribution in [2.45, 2.75) is 26.4 Å². The van der Waals surface area contributed by atoms with Crippen LogP contribution in [0.15, 0.2) is 23.9 Å². The Kier molecular flexibility index (Phi) is 3.37. The average Bonchev–Trinajstić information content (AvgIpc) is 2.15. The van der Waals surface area contributed by atoms with Gasteiger partial charge in [-0.15, -0.1) is 0 Å². The van der Waals surface area contributed by atoms with Crippen LogP contribution in [0.1, 0.15) is 20.8 Å². The Balaban J connectivity index is 2.73. The normalized spacial score (nSPS) is 15.7. The molecule has 0 saturated heterocycles. The van der Waals surface area contributed by atoms with Gasteiger partial charge in [-0.2, -0.15) is 0 Å². The summed E-state index contributed by atoms with van der Waals surface area (Å²) < 4.78 is 5.12. The van der Waals surface area contributed by atoms with Crippen LogP contribution in [-0.2, 0) is 9.53 Å². The second-order valence-electron chi connectivity index (χ2n) is 4.42. The van der Waals surface area contributed by atoms with Crippen molar-refractivity contribution in [2.24, 2.45) is 0 Å². The van der Waals surface area contributed by atoms with E-state index in [0.29, 0.717) is 6.54 Å². The van der Waals surface area contributed by atoms with E-state index in [4.69, 9.17) is 9.84 Å². The smallest absolute Gasteiger partial charge is 0.414 e. The van der Waals surface area contributed by atoms with Crippen molar-refractivity contribution in [1.29, 1.82) is 0 Å². The number of rotatable bonds is 1. The summed E-state index contributed by atoms with van der Waals surface area (Å²) in [6, 6.07) is 0. The Morgan fingerprint density at radius 2 is 2.06 bits per heavy atom.